The summed E-state index contributed by atoms with van der Waals surface area (Å²) in [7, 11) is 0. The highest BCUT2D eigenvalue weighted by Crippen LogP contribution is 2.15. The predicted molar refractivity (Wildman–Crippen MR) is 75.3 cm³/mol. The minimum absolute atomic E-state index is 0.547. The average molecular weight is 273 g/mol. The van der Waals surface area contributed by atoms with Crippen molar-refractivity contribution in [3.05, 3.63) is 54.2 Å². The van der Waals surface area contributed by atoms with Crippen molar-refractivity contribution in [1.82, 2.24) is 19.5 Å². The van der Waals surface area contributed by atoms with Gasteiger partial charge in [-0.2, -0.15) is 0 Å². The van der Waals surface area contributed by atoms with E-state index in [1.807, 2.05) is 30.3 Å². The molecule has 0 atom stereocenters. The Hall–Kier alpha value is -1.94. The molecule has 0 saturated carbocycles. The molecule has 3 aromatic rings. The fraction of sp³-hybridized carbons (Fsp3) is 0.214. The number of halogens is 1. The molecule has 0 radical (unpaired) electrons. The van der Waals surface area contributed by atoms with Crippen LogP contribution in [0.25, 0.3) is 11.2 Å². The van der Waals surface area contributed by atoms with Crippen LogP contribution < -0.4 is 0 Å². The first-order chi connectivity index (χ1) is 9.38. The zero-order chi connectivity index (χ0) is 13.1. The summed E-state index contributed by atoms with van der Waals surface area (Å²) < 4.78 is 2.08. The lowest BCUT2D eigenvalue weighted by molar-refractivity contribution is 0.731. The van der Waals surface area contributed by atoms with Crippen molar-refractivity contribution < 1.29 is 0 Å². The van der Waals surface area contributed by atoms with Gasteiger partial charge in [-0.15, -0.1) is 11.6 Å². The number of imidazole rings is 1. The van der Waals surface area contributed by atoms with Crippen molar-refractivity contribution in [3.8, 4) is 0 Å². The van der Waals surface area contributed by atoms with Crippen LogP contribution in [0.3, 0.4) is 0 Å². The van der Waals surface area contributed by atoms with Gasteiger partial charge in [-0.05, 0) is 24.3 Å². The van der Waals surface area contributed by atoms with Crippen LogP contribution in [0.15, 0.2) is 42.7 Å². The summed E-state index contributed by atoms with van der Waals surface area (Å²) in [6, 6.07) is 9.75. The lowest BCUT2D eigenvalue weighted by atomic mass is 10.3. The van der Waals surface area contributed by atoms with E-state index in [9.17, 15) is 0 Å². The summed E-state index contributed by atoms with van der Waals surface area (Å²) in [6.45, 7) is 0.667. The highest BCUT2D eigenvalue weighted by Gasteiger charge is 2.11. The molecule has 5 heteroatoms. The van der Waals surface area contributed by atoms with E-state index in [0.717, 1.165) is 29.1 Å². The second-order valence-corrected chi connectivity index (χ2v) is 4.60. The number of hydrogen-bond acceptors (Lipinski definition) is 3. The molecule has 3 heterocycles. The highest BCUT2D eigenvalue weighted by molar-refractivity contribution is 6.17. The van der Waals surface area contributed by atoms with Gasteiger partial charge in [0.05, 0.1) is 12.2 Å². The van der Waals surface area contributed by atoms with E-state index in [2.05, 4.69) is 19.5 Å². The first kappa shape index (κ1) is 12.1. The number of fused-ring (bicyclic) bond motifs is 1. The van der Waals surface area contributed by atoms with Gasteiger partial charge in [-0.1, -0.05) is 6.07 Å². The fourth-order valence-electron chi connectivity index (χ4n) is 2.10. The standard InChI is InChI=1S/C14H13ClN4/c15-7-6-13-18-12-5-3-9-17-14(12)19(13)10-11-4-1-2-8-16-11/h1-5,8-9H,6-7,10H2. The van der Waals surface area contributed by atoms with Crippen LogP contribution in [0.2, 0.25) is 0 Å². The lowest BCUT2D eigenvalue weighted by Gasteiger charge is -2.07. The molecule has 0 bridgehead atoms. The Morgan fingerprint density at radius 3 is 2.74 bits per heavy atom. The topological polar surface area (TPSA) is 43.6 Å². The van der Waals surface area contributed by atoms with Gasteiger partial charge >= 0.3 is 0 Å². The number of aryl methyl sites for hydroxylation is 1. The first-order valence-corrected chi connectivity index (χ1v) is 6.68. The zero-order valence-electron chi connectivity index (χ0n) is 10.3. The number of pyridine rings is 2. The predicted octanol–water partition coefficient (Wildman–Crippen LogP) is 2.66. The van der Waals surface area contributed by atoms with Gasteiger partial charge in [0.2, 0.25) is 0 Å². The molecular formula is C14H13ClN4. The third-order valence-corrected chi connectivity index (χ3v) is 3.14. The number of hydrogen-bond donors (Lipinski definition) is 0. The number of alkyl halides is 1. The van der Waals surface area contributed by atoms with Crippen LogP contribution in [0.4, 0.5) is 0 Å². The van der Waals surface area contributed by atoms with Crippen LogP contribution in [0.1, 0.15) is 11.5 Å². The molecule has 0 unspecified atom stereocenters. The van der Waals surface area contributed by atoms with Gasteiger partial charge in [0.15, 0.2) is 5.65 Å². The van der Waals surface area contributed by atoms with Crippen LogP contribution >= 0.6 is 11.6 Å². The highest BCUT2D eigenvalue weighted by atomic mass is 35.5. The van der Waals surface area contributed by atoms with E-state index in [-0.39, 0.29) is 0 Å². The summed E-state index contributed by atoms with van der Waals surface area (Å²) in [5.74, 6) is 1.50. The fourth-order valence-corrected chi connectivity index (χ4v) is 2.27. The van der Waals surface area contributed by atoms with Crippen molar-refractivity contribution in [2.24, 2.45) is 0 Å². The zero-order valence-corrected chi connectivity index (χ0v) is 11.1. The largest absolute Gasteiger partial charge is 0.307 e. The van der Waals surface area contributed by atoms with Crippen molar-refractivity contribution in [2.45, 2.75) is 13.0 Å². The van der Waals surface area contributed by atoms with Crippen molar-refractivity contribution in [3.63, 3.8) is 0 Å². The number of aromatic nitrogens is 4. The Morgan fingerprint density at radius 2 is 1.95 bits per heavy atom. The van der Waals surface area contributed by atoms with E-state index in [4.69, 9.17) is 11.6 Å². The Labute approximate surface area is 116 Å². The van der Waals surface area contributed by atoms with Crippen LogP contribution in [-0.2, 0) is 13.0 Å². The molecule has 96 valence electrons. The molecule has 3 rings (SSSR count). The van der Waals surface area contributed by atoms with E-state index >= 15 is 0 Å². The molecule has 0 aliphatic rings. The second-order valence-electron chi connectivity index (χ2n) is 4.22. The molecule has 0 fully saturated rings. The quantitative estimate of drug-likeness (QED) is 0.686. The molecule has 0 N–H and O–H groups in total. The van der Waals surface area contributed by atoms with Gasteiger partial charge in [0.1, 0.15) is 11.3 Å². The Kier molecular flexibility index (Phi) is 3.42. The van der Waals surface area contributed by atoms with Crippen LogP contribution in [-0.4, -0.2) is 25.4 Å². The van der Waals surface area contributed by atoms with Crippen molar-refractivity contribution in [1.29, 1.82) is 0 Å². The maximum absolute atomic E-state index is 5.85. The molecule has 0 aliphatic heterocycles. The lowest BCUT2D eigenvalue weighted by Crippen LogP contribution is -2.07. The molecule has 0 amide bonds. The minimum Gasteiger partial charge on any atom is -0.307 e. The monoisotopic (exact) mass is 272 g/mol. The second kappa shape index (κ2) is 5.36. The van der Waals surface area contributed by atoms with Gasteiger partial charge in [-0.3, -0.25) is 4.98 Å². The third kappa shape index (κ3) is 2.44. The SMILES string of the molecule is ClCCc1nc2cccnc2n1Cc1ccccn1. The smallest absolute Gasteiger partial charge is 0.160 e. The van der Waals surface area contributed by atoms with Gasteiger partial charge in [0.25, 0.3) is 0 Å². The van der Waals surface area contributed by atoms with E-state index in [0.29, 0.717) is 12.4 Å². The van der Waals surface area contributed by atoms with E-state index in [1.54, 1.807) is 12.4 Å². The third-order valence-electron chi connectivity index (χ3n) is 2.95. The Morgan fingerprint density at radius 1 is 1.05 bits per heavy atom. The molecule has 0 aromatic carbocycles. The molecule has 3 aromatic heterocycles. The maximum Gasteiger partial charge on any atom is 0.160 e. The Bertz CT molecular complexity index is 678. The van der Waals surface area contributed by atoms with E-state index < -0.39 is 0 Å². The minimum atomic E-state index is 0.547. The summed E-state index contributed by atoms with van der Waals surface area (Å²) in [5.41, 5.74) is 2.77. The number of nitrogens with zero attached hydrogens (tertiary/aromatic N) is 4. The summed E-state index contributed by atoms with van der Waals surface area (Å²) >= 11 is 5.85. The van der Waals surface area contributed by atoms with Crippen LogP contribution in [0.5, 0.6) is 0 Å². The van der Waals surface area contributed by atoms with Gasteiger partial charge in [-0.25, -0.2) is 9.97 Å². The van der Waals surface area contributed by atoms with Gasteiger partial charge in [0, 0.05) is 24.7 Å². The van der Waals surface area contributed by atoms with Crippen LogP contribution in [0, 0.1) is 0 Å². The molecule has 0 saturated heterocycles. The summed E-state index contributed by atoms with van der Waals surface area (Å²) in [6.07, 6.45) is 4.30. The molecule has 19 heavy (non-hydrogen) atoms. The molecular weight excluding hydrogens is 260 g/mol. The normalized spacial score (nSPS) is 11.0. The summed E-state index contributed by atoms with van der Waals surface area (Å²) in [5, 5.41) is 0. The molecule has 0 aliphatic carbocycles. The van der Waals surface area contributed by atoms with E-state index in [1.165, 1.54) is 0 Å². The Balaban J connectivity index is 2.07. The first-order valence-electron chi connectivity index (χ1n) is 6.14. The number of rotatable bonds is 4. The maximum atomic E-state index is 5.85. The average Bonchev–Trinajstić information content (AvgIpc) is 2.79. The summed E-state index contributed by atoms with van der Waals surface area (Å²) in [4.78, 5) is 13.3. The van der Waals surface area contributed by atoms with Gasteiger partial charge < -0.3 is 4.57 Å². The van der Waals surface area contributed by atoms with Crippen molar-refractivity contribution >= 4 is 22.8 Å². The molecule has 4 nitrogen and oxygen atoms in total. The molecule has 0 spiro atoms. The van der Waals surface area contributed by atoms with Crippen molar-refractivity contribution in [2.75, 3.05) is 5.88 Å².